The van der Waals surface area contributed by atoms with Crippen molar-refractivity contribution in [2.75, 3.05) is 0 Å². The summed E-state index contributed by atoms with van der Waals surface area (Å²) in [5, 5.41) is 19.3. The third-order valence-electron chi connectivity index (χ3n) is 3.16. The van der Waals surface area contributed by atoms with E-state index in [0.717, 1.165) is 0 Å². The molecule has 0 aromatic carbocycles. The number of rotatable bonds is 5. The molecule has 2 aliphatic rings. The first-order chi connectivity index (χ1) is 11.2. The Morgan fingerprint density at radius 1 is 0.708 bits per heavy atom. The van der Waals surface area contributed by atoms with Crippen molar-refractivity contribution in [1.29, 1.82) is 0 Å². The minimum Gasteiger partial charge on any atom is -0.379 e. The first-order valence-electron chi connectivity index (χ1n) is 6.73. The minimum absolute atomic E-state index is 0.108. The van der Waals surface area contributed by atoms with Gasteiger partial charge in [-0.2, -0.15) is 0 Å². The zero-order valence-electron chi connectivity index (χ0n) is 12.0. The lowest BCUT2D eigenvalue weighted by molar-refractivity contribution is -0.216. The summed E-state index contributed by atoms with van der Waals surface area (Å²) in [6.45, 7) is 0. The fourth-order valence-corrected chi connectivity index (χ4v) is 1.86. The Kier molecular flexibility index (Phi) is 4.90. The Hall–Kier alpha value is -2.86. The molecule has 0 aliphatic carbocycles. The van der Waals surface area contributed by atoms with E-state index in [1.807, 2.05) is 0 Å². The van der Waals surface area contributed by atoms with Crippen molar-refractivity contribution >= 4 is 35.6 Å². The van der Waals surface area contributed by atoms with E-state index in [4.69, 9.17) is 0 Å². The Labute approximate surface area is 133 Å². The highest BCUT2D eigenvalue weighted by Gasteiger charge is 2.41. The lowest BCUT2D eigenvalue weighted by atomic mass is 10.2. The largest absolute Gasteiger partial charge is 0.379 e. The fraction of sp³-hybridized carbons (Fsp3) is 0.500. The van der Waals surface area contributed by atoms with Crippen molar-refractivity contribution in [2.45, 2.75) is 37.9 Å². The number of aliphatic hydroxyl groups is 2. The molecular weight excluding hydrogens is 332 g/mol. The maximum Gasteiger partial charge on any atom is 0.364 e. The lowest BCUT2D eigenvalue weighted by Gasteiger charge is -2.19. The van der Waals surface area contributed by atoms with Crippen LogP contribution >= 0.6 is 0 Å². The van der Waals surface area contributed by atoms with Gasteiger partial charge in [-0.3, -0.25) is 19.2 Å². The number of nitrogens with zero attached hydrogens (tertiary/aromatic N) is 2. The smallest absolute Gasteiger partial charge is 0.364 e. The van der Waals surface area contributed by atoms with Crippen molar-refractivity contribution in [3.63, 3.8) is 0 Å². The van der Waals surface area contributed by atoms with Crippen LogP contribution in [0.2, 0.25) is 0 Å². The molecule has 12 nitrogen and oxygen atoms in total. The number of hydroxylamine groups is 4. The minimum atomic E-state index is -2.51. The van der Waals surface area contributed by atoms with Crippen molar-refractivity contribution in [1.82, 2.24) is 10.1 Å². The zero-order valence-corrected chi connectivity index (χ0v) is 12.0. The summed E-state index contributed by atoms with van der Waals surface area (Å²) >= 11 is 0. The summed E-state index contributed by atoms with van der Waals surface area (Å²) in [5.74, 6) is -6.64. The van der Waals surface area contributed by atoms with Gasteiger partial charge < -0.3 is 19.9 Å². The van der Waals surface area contributed by atoms with Gasteiger partial charge in [-0.15, -0.1) is 10.1 Å². The Balaban J connectivity index is 1.94. The van der Waals surface area contributed by atoms with Crippen LogP contribution in [-0.4, -0.2) is 68.1 Å². The van der Waals surface area contributed by atoms with Crippen molar-refractivity contribution in [3.05, 3.63) is 0 Å². The molecule has 2 atom stereocenters. The number of hydrogen-bond acceptors (Lipinski definition) is 10. The van der Waals surface area contributed by atoms with Crippen LogP contribution in [0.15, 0.2) is 0 Å². The van der Waals surface area contributed by atoms with Crippen LogP contribution in [0.1, 0.15) is 25.7 Å². The van der Waals surface area contributed by atoms with E-state index in [1.165, 1.54) is 0 Å². The molecule has 2 saturated heterocycles. The van der Waals surface area contributed by atoms with E-state index in [-0.39, 0.29) is 35.8 Å². The summed E-state index contributed by atoms with van der Waals surface area (Å²) in [5.41, 5.74) is 0. The van der Waals surface area contributed by atoms with Gasteiger partial charge in [0.25, 0.3) is 23.6 Å². The molecule has 0 aromatic heterocycles. The van der Waals surface area contributed by atoms with Crippen LogP contribution in [0, 0.1) is 0 Å². The molecule has 0 saturated carbocycles. The molecule has 2 N–H and O–H groups in total. The quantitative estimate of drug-likeness (QED) is 0.488. The van der Waals surface area contributed by atoms with E-state index < -0.39 is 47.8 Å². The topological polar surface area (TPSA) is 168 Å². The van der Waals surface area contributed by atoms with Crippen LogP contribution in [0.3, 0.4) is 0 Å². The Bertz CT molecular complexity index is 543. The van der Waals surface area contributed by atoms with Gasteiger partial charge in [-0.1, -0.05) is 0 Å². The maximum atomic E-state index is 11.6. The highest BCUT2D eigenvalue weighted by Crippen LogP contribution is 2.15. The third kappa shape index (κ3) is 3.38. The molecule has 4 amide bonds. The van der Waals surface area contributed by atoms with Crippen LogP contribution < -0.4 is 0 Å². The summed E-state index contributed by atoms with van der Waals surface area (Å²) in [4.78, 5) is 76.8. The number of amides is 4. The van der Waals surface area contributed by atoms with Gasteiger partial charge in [0.1, 0.15) is 0 Å². The molecule has 130 valence electrons. The highest BCUT2D eigenvalue weighted by molar-refractivity contribution is 6.03. The molecule has 24 heavy (non-hydrogen) atoms. The van der Waals surface area contributed by atoms with E-state index in [1.54, 1.807) is 0 Å². The molecule has 2 aliphatic heterocycles. The van der Waals surface area contributed by atoms with Crippen molar-refractivity contribution in [3.8, 4) is 0 Å². The Morgan fingerprint density at radius 3 is 1.21 bits per heavy atom. The summed E-state index contributed by atoms with van der Waals surface area (Å²) in [6, 6.07) is 0. The molecular formula is C12H12N2O10. The maximum absolute atomic E-state index is 11.6. The van der Waals surface area contributed by atoms with E-state index in [9.17, 15) is 39.0 Å². The predicted octanol–water partition coefficient (Wildman–Crippen LogP) is -3.08. The molecule has 0 radical (unpaired) electrons. The molecule has 2 fully saturated rings. The van der Waals surface area contributed by atoms with Gasteiger partial charge in [0, 0.05) is 25.7 Å². The predicted molar refractivity (Wildman–Crippen MR) is 66.4 cm³/mol. The molecule has 0 aromatic rings. The van der Waals surface area contributed by atoms with E-state index in [2.05, 4.69) is 9.68 Å². The fourth-order valence-electron chi connectivity index (χ4n) is 1.86. The molecule has 0 spiro atoms. The zero-order chi connectivity index (χ0) is 18.0. The van der Waals surface area contributed by atoms with Gasteiger partial charge in [-0.05, 0) is 0 Å². The summed E-state index contributed by atoms with van der Waals surface area (Å²) < 4.78 is 0. The monoisotopic (exact) mass is 344 g/mol. The number of carbonyl (C=O) groups is 6. The third-order valence-corrected chi connectivity index (χ3v) is 3.16. The van der Waals surface area contributed by atoms with Crippen LogP contribution in [0.4, 0.5) is 0 Å². The lowest BCUT2D eigenvalue weighted by Crippen LogP contribution is -2.47. The van der Waals surface area contributed by atoms with Crippen LogP contribution in [0.5, 0.6) is 0 Å². The van der Waals surface area contributed by atoms with Gasteiger partial charge in [0.15, 0.2) is 12.2 Å². The highest BCUT2D eigenvalue weighted by atomic mass is 16.7. The molecule has 12 heteroatoms. The first-order valence-corrected chi connectivity index (χ1v) is 6.73. The first kappa shape index (κ1) is 17.5. The average Bonchev–Trinajstić information content (AvgIpc) is 3.03. The van der Waals surface area contributed by atoms with E-state index in [0.29, 0.717) is 0 Å². The number of imide groups is 2. The number of aliphatic hydroxyl groups excluding tert-OH is 2. The average molecular weight is 344 g/mol. The van der Waals surface area contributed by atoms with Crippen molar-refractivity contribution < 1.29 is 48.7 Å². The second-order valence-electron chi connectivity index (χ2n) is 4.87. The molecule has 2 rings (SSSR count). The second-order valence-corrected chi connectivity index (χ2v) is 4.87. The summed E-state index contributed by atoms with van der Waals surface area (Å²) in [6.07, 6.45) is -5.77. The molecule has 0 bridgehead atoms. The number of hydrogen-bond donors (Lipinski definition) is 2. The molecule has 0 unspecified atom stereocenters. The Morgan fingerprint density at radius 2 is 0.958 bits per heavy atom. The van der Waals surface area contributed by atoms with Gasteiger partial charge in [0.2, 0.25) is 0 Å². The van der Waals surface area contributed by atoms with Gasteiger partial charge >= 0.3 is 11.9 Å². The molecule has 2 heterocycles. The standard InChI is InChI=1S/C12H12N2O10/c15-5-1-2-6(16)13(5)23-11(21)9(19)10(20)12(22)24-14-7(17)3-4-8(14)18/h9-10,19-20H,1-4H2/t9-,10+. The van der Waals surface area contributed by atoms with Crippen LogP contribution in [-0.2, 0) is 38.4 Å². The SMILES string of the molecule is O=C(ON1C(=O)CCC1=O)[C@@H](O)[C@@H](O)C(=O)ON1C(=O)CCC1=O. The number of carbonyl (C=O) groups excluding carboxylic acids is 6. The van der Waals surface area contributed by atoms with Crippen molar-refractivity contribution in [2.24, 2.45) is 0 Å². The second kappa shape index (κ2) is 6.72. The normalized spacial score (nSPS) is 20.4. The van der Waals surface area contributed by atoms with Gasteiger partial charge in [-0.25, -0.2) is 9.59 Å². The van der Waals surface area contributed by atoms with E-state index >= 15 is 0 Å². The summed E-state index contributed by atoms with van der Waals surface area (Å²) in [7, 11) is 0. The van der Waals surface area contributed by atoms with Gasteiger partial charge in [0.05, 0.1) is 0 Å². The van der Waals surface area contributed by atoms with Crippen LogP contribution in [0.25, 0.3) is 0 Å².